The number of alkyl halides is 6. The van der Waals surface area contributed by atoms with E-state index in [0.29, 0.717) is 22.9 Å². The van der Waals surface area contributed by atoms with Crippen molar-refractivity contribution in [2.45, 2.75) is 17.9 Å². The van der Waals surface area contributed by atoms with Crippen LogP contribution in [0.15, 0.2) is 36.5 Å². The fraction of sp³-hybridized carbons (Fsp3) is 0.200. The summed E-state index contributed by atoms with van der Waals surface area (Å²) in [6.07, 6.45) is -8.43. The zero-order valence-corrected chi connectivity index (χ0v) is 13.6. The minimum absolute atomic E-state index is 0.303. The van der Waals surface area contributed by atoms with Gasteiger partial charge in [0.2, 0.25) is 0 Å². The second-order valence-electron chi connectivity index (χ2n) is 5.59. The highest BCUT2D eigenvalue weighted by molar-refractivity contribution is 6.31. The van der Waals surface area contributed by atoms with Crippen LogP contribution in [0.5, 0.6) is 0 Å². The average molecular weight is 412 g/mol. The molecule has 0 saturated carbocycles. The summed E-state index contributed by atoms with van der Waals surface area (Å²) in [5.41, 5.74) is -5.56. The summed E-state index contributed by atoms with van der Waals surface area (Å²) < 4.78 is 79.2. The summed E-state index contributed by atoms with van der Waals surface area (Å²) in [7, 11) is 0. The lowest BCUT2D eigenvalue weighted by molar-refractivity contribution is -0.141. The molecule has 0 saturated heterocycles. The van der Waals surface area contributed by atoms with Gasteiger partial charge in [0, 0.05) is 6.07 Å². The van der Waals surface area contributed by atoms with Crippen LogP contribution < -0.4 is 5.32 Å². The predicted octanol–water partition coefficient (Wildman–Crippen LogP) is 4.36. The zero-order valence-electron chi connectivity index (χ0n) is 12.9. The summed E-state index contributed by atoms with van der Waals surface area (Å²) in [5, 5.41) is 14.7. The van der Waals surface area contributed by atoms with E-state index in [1.165, 1.54) is 0 Å². The van der Waals surface area contributed by atoms with Gasteiger partial charge >= 0.3 is 18.3 Å². The SMILES string of the molecule is O=C(O)C1(c2ccc(C(F)(F)F)c(Cl)c2)C=C(C(F)(F)F)n2nccc2N1. The Morgan fingerprint density at radius 1 is 1.15 bits per heavy atom. The van der Waals surface area contributed by atoms with Crippen LogP contribution >= 0.6 is 11.6 Å². The molecule has 0 bridgehead atoms. The number of carboxylic acid groups (broad SMARTS) is 1. The maximum absolute atomic E-state index is 13.4. The van der Waals surface area contributed by atoms with Crippen LogP contribution in [0.1, 0.15) is 11.1 Å². The Labute approximate surface area is 151 Å². The van der Waals surface area contributed by atoms with E-state index in [1.807, 2.05) is 0 Å². The third-order valence-corrected chi connectivity index (χ3v) is 4.22. The number of nitrogens with one attached hydrogen (secondary N) is 1. The lowest BCUT2D eigenvalue weighted by Crippen LogP contribution is -2.46. The van der Waals surface area contributed by atoms with Crippen molar-refractivity contribution in [3.8, 4) is 0 Å². The number of rotatable bonds is 2. The average Bonchev–Trinajstić information content (AvgIpc) is 2.99. The molecular formula is C15H8ClF6N3O2. The molecule has 144 valence electrons. The van der Waals surface area contributed by atoms with Gasteiger partial charge in [-0.15, -0.1) is 0 Å². The first-order valence-corrected chi connectivity index (χ1v) is 7.47. The number of fused-ring (bicyclic) bond motifs is 1. The van der Waals surface area contributed by atoms with Gasteiger partial charge in [-0.25, -0.2) is 9.48 Å². The molecule has 1 atom stereocenters. The maximum Gasteiger partial charge on any atom is 0.433 e. The summed E-state index contributed by atoms with van der Waals surface area (Å²) in [5.74, 6) is -2.07. The first-order valence-electron chi connectivity index (χ1n) is 7.09. The largest absolute Gasteiger partial charge is 0.479 e. The van der Waals surface area contributed by atoms with Crippen LogP contribution in [0.3, 0.4) is 0 Å². The van der Waals surface area contributed by atoms with E-state index in [0.717, 1.165) is 18.3 Å². The lowest BCUT2D eigenvalue weighted by Gasteiger charge is -2.34. The van der Waals surface area contributed by atoms with E-state index in [2.05, 4.69) is 10.4 Å². The molecule has 0 aliphatic carbocycles. The molecule has 1 aromatic heterocycles. The van der Waals surface area contributed by atoms with Crippen molar-refractivity contribution in [3.05, 3.63) is 52.7 Å². The second kappa shape index (κ2) is 5.91. The van der Waals surface area contributed by atoms with Gasteiger partial charge in [0.25, 0.3) is 0 Å². The number of benzene rings is 1. The molecule has 0 fully saturated rings. The van der Waals surface area contributed by atoms with Gasteiger partial charge in [-0.1, -0.05) is 17.7 Å². The van der Waals surface area contributed by atoms with Gasteiger partial charge in [0.15, 0.2) is 5.54 Å². The number of aromatic nitrogens is 2. The van der Waals surface area contributed by atoms with Crippen molar-refractivity contribution >= 4 is 29.1 Å². The van der Waals surface area contributed by atoms with Gasteiger partial charge in [-0.3, -0.25) is 0 Å². The normalized spacial score (nSPS) is 19.9. The van der Waals surface area contributed by atoms with Crippen molar-refractivity contribution in [2.75, 3.05) is 5.32 Å². The predicted molar refractivity (Wildman–Crippen MR) is 81.9 cm³/mol. The standard InChI is InChI=1S/C15H8ClF6N3O2/c16-9-5-7(1-2-8(9)14(17,18)19)13(12(26)27)6-10(15(20,21)22)25-11(24-13)3-4-23-25/h1-6,24H,(H,26,27). The van der Waals surface area contributed by atoms with Gasteiger partial charge in [-0.05, 0) is 23.8 Å². The van der Waals surface area contributed by atoms with Crippen molar-refractivity contribution < 1.29 is 36.2 Å². The zero-order chi connectivity index (χ0) is 20.2. The monoisotopic (exact) mass is 411 g/mol. The minimum Gasteiger partial charge on any atom is -0.479 e. The first kappa shape index (κ1) is 19.1. The van der Waals surface area contributed by atoms with Gasteiger partial charge in [0.1, 0.15) is 11.5 Å². The fourth-order valence-electron chi connectivity index (χ4n) is 2.68. The molecule has 3 rings (SSSR count). The molecule has 27 heavy (non-hydrogen) atoms. The number of hydrogen-bond donors (Lipinski definition) is 2. The Morgan fingerprint density at radius 2 is 1.81 bits per heavy atom. The van der Waals surface area contributed by atoms with Gasteiger partial charge in [-0.2, -0.15) is 31.4 Å². The fourth-order valence-corrected chi connectivity index (χ4v) is 2.97. The minimum atomic E-state index is -4.97. The topological polar surface area (TPSA) is 67.1 Å². The van der Waals surface area contributed by atoms with E-state index in [-0.39, 0.29) is 5.82 Å². The molecule has 1 aromatic carbocycles. The van der Waals surface area contributed by atoms with E-state index < -0.39 is 45.7 Å². The highest BCUT2D eigenvalue weighted by atomic mass is 35.5. The van der Waals surface area contributed by atoms with Crippen LogP contribution in [0.2, 0.25) is 5.02 Å². The molecule has 0 spiro atoms. The van der Waals surface area contributed by atoms with Crippen LogP contribution in [0, 0.1) is 0 Å². The van der Waals surface area contributed by atoms with E-state index in [9.17, 15) is 36.2 Å². The summed E-state index contributed by atoms with van der Waals surface area (Å²) in [6, 6.07) is 3.04. The molecule has 2 aromatic rings. The van der Waals surface area contributed by atoms with Crippen molar-refractivity contribution in [3.63, 3.8) is 0 Å². The molecule has 12 heteroatoms. The van der Waals surface area contributed by atoms with Crippen LogP contribution in [0.4, 0.5) is 32.2 Å². The Hall–Kier alpha value is -2.69. The molecule has 2 heterocycles. The third kappa shape index (κ3) is 3.11. The molecule has 1 aliphatic heterocycles. The Kier molecular flexibility index (Phi) is 4.18. The highest BCUT2D eigenvalue weighted by Gasteiger charge is 2.49. The lowest BCUT2D eigenvalue weighted by atomic mass is 9.86. The number of aliphatic carboxylic acids is 1. The number of anilines is 1. The van der Waals surface area contributed by atoms with E-state index in [4.69, 9.17) is 11.6 Å². The molecule has 5 nitrogen and oxygen atoms in total. The Bertz CT molecular complexity index is 950. The molecule has 1 aliphatic rings. The van der Waals surface area contributed by atoms with Crippen molar-refractivity contribution in [2.24, 2.45) is 0 Å². The molecule has 0 radical (unpaired) electrons. The Morgan fingerprint density at radius 3 is 2.33 bits per heavy atom. The highest BCUT2D eigenvalue weighted by Crippen LogP contribution is 2.43. The number of hydrogen-bond acceptors (Lipinski definition) is 3. The van der Waals surface area contributed by atoms with Crippen molar-refractivity contribution in [1.29, 1.82) is 0 Å². The molecule has 1 unspecified atom stereocenters. The second-order valence-corrected chi connectivity index (χ2v) is 5.99. The van der Waals surface area contributed by atoms with E-state index >= 15 is 0 Å². The summed E-state index contributed by atoms with van der Waals surface area (Å²) in [4.78, 5) is 11.9. The van der Waals surface area contributed by atoms with Crippen LogP contribution in [0.25, 0.3) is 5.70 Å². The summed E-state index contributed by atoms with van der Waals surface area (Å²) in [6.45, 7) is 0. The molecule has 0 amide bonds. The first-order chi connectivity index (χ1) is 12.4. The molecule has 2 N–H and O–H groups in total. The number of carbonyl (C=O) groups is 1. The van der Waals surface area contributed by atoms with Crippen molar-refractivity contribution in [1.82, 2.24) is 9.78 Å². The summed E-state index contributed by atoms with van der Waals surface area (Å²) >= 11 is 5.60. The number of halogens is 7. The van der Waals surface area contributed by atoms with Gasteiger partial charge in [0.05, 0.1) is 16.8 Å². The smallest absolute Gasteiger partial charge is 0.433 e. The number of carboxylic acids is 1. The maximum atomic E-state index is 13.4. The Balaban J connectivity index is 2.24. The quantitative estimate of drug-likeness (QED) is 0.720. The van der Waals surface area contributed by atoms with E-state index in [1.54, 1.807) is 0 Å². The third-order valence-electron chi connectivity index (χ3n) is 3.91. The molecular weight excluding hydrogens is 404 g/mol. The number of nitrogens with zero attached hydrogens (tertiary/aromatic N) is 2. The van der Waals surface area contributed by atoms with Gasteiger partial charge < -0.3 is 10.4 Å². The van der Waals surface area contributed by atoms with Crippen LogP contribution in [-0.2, 0) is 16.5 Å². The number of allylic oxidation sites excluding steroid dienone is 1. The van der Waals surface area contributed by atoms with Crippen LogP contribution in [-0.4, -0.2) is 27.0 Å².